The van der Waals surface area contributed by atoms with Gasteiger partial charge in [0.1, 0.15) is 11.7 Å². The maximum absolute atomic E-state index is 13.4. The first-order valence-corrected chi connectivity index (χ1v) is 7.41. The van der Waals surface area contributed by atoms with Gasteiger partial charge in [-0.2, -0.15) is 4.98 Å². The average molecular weight is 340 g/mol. The Morgan fingerprint density at radius 3 is 3.00 bits per heavy atom. The molecule has 8 heteroatoms. The summed E-state index contributed by atoms with van der Waals surface area (Å²) in [6, 6.07) is 6.10. The first kappa shape index (κ1) is 16.4. The molecular formula is C17H13FN4O3. The molecular weight excluding hydrogens is 327 g/mol. The number of aromatic nitrogens is 2. The topological polar surface area (TPSA) is 97.5 Å². The molecule has 0 aliphatic carbocycles. The number of hydrogen-bond donors (Lipinski definition) is 1. The van der Waals surface area contributed by atoms with E-state index in [0.717, 1.165) is 0 Å². The van der Waals surface area contributed by atoms with Crippen LogP contribution in [0.2, 0.25) is 0 Å². The molecule has 1 aromatic carbocycles. The highest BCUT2D eigenvalue weighted by atomic mass is 19.1. The molecule has 0 fully saturated rings. The minimum Gasteiger partial charge on any atom is -0.343 e. The Morgan fingerprint density at radius 1 is 1.36 bits per heavy atom. The van der Waals surface area contributed by atoms with Crippen molar-refractivity contribution >= 4 is 24.1 Å². The summed E-state index contributed by atoms with van der Waals surface area (Å²) in [5.41, 5.74) is 0.306. The van der Waals surface area contributed by atoms with E-state index in [9.17, 15) is 14.0 Å². The van der Waals surface area contributed by atoms with Gasteiger partial charge in [-0.25, -0.2) is 9.38 Å². The number of rotatable bonds is 5. The van der Waals surface area contributed by atoms with Crippen molar-refractivity contribution in [3.8, 4) is 0 Å². The van der Waals surface area contributed by atoms with Crippen LogP contribution in [0, 0.1) is 5.82 Å². The maximum atomic E-state index is 13.4. The van der Waals surface area contributed by atoms with Crippen LogP contribution >= 0.6 is 0 Å². The molecule has 2 aromatic rings. The van der Waals surface area contributed by atoms with Crippen LogP contribution in [-0.4, -0.2) is 28.2 Å². The molecule has 2 amide bonds. The van der Waals surface area contributed by atoms with Crippen LogP contribution < -0.4 is 5.32 Å². The van der Waals surface area contributed by atoms with Gasteiger partial charge < -0.3 is 9.84 Å². The minimum atomic E-state index is -0.681. The van der Waals surface area contributed by atoms with Gasteiger partial charge in [-0.05, 0) is 18.2 Å². The second-order valence-corrected chi connectivity index (χ2v) is 5.10. The van der Waals surface area contributed by atoms with Crippen molar-refractivity contribution in [1.82, 2.24) is 15.5 Å². The molecule has 1 aromatic heterocycles. The lowest BCUT2D eigenvalue weighted by molar-refractivity contribution is -0.118. The zero-order valence-electron chi connectivity index (χ0n) is 12.9. The number of hydrogen-bond acceptors (Lipinski definition) is 5. The number of dihydropyridines is 1. The predicted octanol–water partition coefficient (Wildman–Crippen LogP) is 1.79. The number of carbonyl (C=O) groups excluding carboxylic acids is 2. The summed E-state index contributed by atoms with van der Waals surface area (Å²) >= 11 is 0. The molecule has 1 atom stereocenters. The zero-order chi connectivity index (χ0) is 17.6. The van der Waals surface area contributed by atoms with E-state index >= 15 is 0 Å². The van der Waals surface area contributed by atoms with Crippen molar-refractivity contribution in [1.29, 1.82) is 0 Å². The van der Waals surface area contributed by atoms with Gasteiger partial charge in [0.05, 0.1) is 6.54 Å². The van der Waals surface area contributed by atoms with Crippen LogP contribution in [0.5, 0.6) is 0 Å². The van der Waals surface area contributed by atoms with E-state index in [1.807, 2.05) is 0 Å². The van der Waals surface area contributed by atoms with Gasteiger partial charge in [0, 0.05) is 17.9 Å². The number of nitrogens with zero attached hydrogens (tertiary/aromatic N) is 3. The summed E-state index contributed by atoms with van der Waals surface area (Å²) in [5.74, 6) is -1.59. The lowest BCUT2D eigenvalue weighted by Gasteiger charge is -2.04. The number of nitrogens with one attached hydrogen (secondary N) is 1. The van der Waals surface area contributed by atoms with Gasteiger partial charge in [-0.1, -0.05) is 29.4 Å². The summed E-state index contributed by atoms with van der Waals surface area (Å²) in [7, 11) is 0. The second kappa shape index (κ2) is 7.43. The van der Waals surface area contributed by atoms with Gasteiger partial charge in [0.2, 0.25) is 11.8 Å². The SMILES string of the molecule is O=C(/C=C/c1ccccc1F)NCc1nc(C2C=CC=NC2=O)no1. The van der Waals surface area contributed by atoms with Crippen molar-refractivity contribution in [3.05, 3.63) is 65.6 Å². The molecule has 0 saturated heterocycles. The standard InChI is InChI=1S/C17H13FN4O3/c18-13-6-2-1-4-11(13)7-8-14(23)20-10-15-21-16(22-25-15)12-5-3-9-19-17(12)24/h1-9,12H,10H2,(H,20,23)/b8-7+. The van der Waals surface area contributed by atoms with E-state index in [-0.39, 0.29) is 24.2 Å². The fourth-order valence-electron chi connectivity index (χ4n) is 2.10. The Kier molecular flexibility index (Phi) is 4.89. The number of carbonyl (C=O) groups is 2. The van der Waals surface area contributed by atoms with Gasteiger partial charge >= 0.3 is 0 Å². The van der Waals surface area contributed by atoms with E-state index in [4.69, 9.17) is 4.52 Å². The molecule has 0 spiro atoms. The van der Waals surface area contributed by atoms with Crippen LogP contribution in [-0.2, 0) is 16.1 Å². The average Bonchev–Trinajstić information content (AvgIpc) is 3.08. The molecule has 2 heterocycles. The Morgan fingerprint density at radius 2 is 2.20 bits per heavy atom. The Bertz CT molecular complexity index is 886. The molecule has 3 rings (SSSR count). The smallest absolute Gasteiger partial charge is 0.260 e. The third-order valence-electron chi connectivity index (χ3n) is 3.35. The minimum absolute atomic E-state index is 0.0126. The van der Waals surface area contributed by atoms with Crippen molar-refractivity contribution in [3.63, 3.8) is 0 Å². The maximum Gasteiger partial charge on any atom is 0.260 e. The summed E-state index contributed by atoms with van der Waals surface area (Å²) < 4.78 is 18.4. The van der Waals surface area contributed by atoms with Crippen LogP contribution in [0.3, 0.4) is 0 Å². The fourth-order valence-corrected chi connectivity index (χ4v) is 2.10. The molecule has 126 valence electrons. The number of aliphatic imine (C=N–C) groups is 1. The summed E-state index contributed by atoms with van der Waals surface area (Å²) in [4.78, 5) is 31.1. The first-order valence-electron chi connectivity index (χ1n) is 7.41. The zero-order valence-corrected chi connectivity index (χ0v) is 12.9. The van der Waals surface area contributed by atoms with E-state index in [0.29, 0.717) is 5.56 Å². The van der Waals surface area contributed by atoms with Gasteiger partial charge in [0.25, 0.3) is 5.91 Å². The largest absolute Gasteiger partial charge is 0.343 e. The third kappa shape index (κ3) is 4.11. The van der Waals surface area contributed by atoms with Gasteiger partial charge in [0.15, 0.2) is 5.82 Å². The van der Waals surface area contributed by atoms with Crippen LogP contribution in [0.1, 0.15) is 23.2 Å². The number of amides is 2. The molecule has 1 unspecified atom stereocenters. The summed E-state index contributed by atoms with van der Waals surface area (Å²) in [5, 5.41) is 6.26. The van der Waals surface area contributed by atoms with E-state index < -0.39 is 17.6 Å². The summed E-state index contributed by atoms with van der Waals surface area (Å²) in [6.45, 7) is -0.0126. The summed E-state index contributed by atoms with van der Waals surface area (Å²) in [6.07, 6.45) is 7.20. The van der Waals surface area contributed by atoms with E-state index in [1.54, 1.807) is 30.4 Å². The first-order chi connectivity index (χ1) is 12.1. The van der Waals surface area contributed by atoms with Crippen LogP contribution in [0.15, 0.2) is 52.0 Å². The molecule has 0 radical (unpaired) electrons. The molecule has 0 bridgehead atoms. The predicted molar refractivity (Wildman–Crippen MR) is 87.0 cm³/mol. The van der Waals surface area contributed by atoms with Crippen LogP contribution in [0.25, 0.3) is 6.08 Å². The monoisotopic (exact) mass is 340 g/mol. The lowest BCUT2D eigenvalue weighted by atomic mass is 10.1. The number of halogens is 1. The quantitative estimate of drug-likeness (QED) is 0.837. The number of allylic oxidation sites excluding steroid dienone is 1. The van der Waals surface area contributed by atoms with Crippen molar-refractivity contribution in [2.45, 2.75) is 12.5 Å². The highest BCUT2D eigenvalue weighted by Crippen LogP contribution is 2.18. The van der Waals surface area contributed by atoms with Gasteiger partial charge in [-0.3, -0.25) is 9.59 Å². The fraction of sp³-hybridized carbons (Fsp3) is 0.118. The normalized spacial score (nSPS) is 16.5. The van der Waals surface area contributed by atoms with Crippen molar-refractivity contribution < 1.29 is 18.5 Å². The third-order valence-corrected chi connectivity index (χ3v) is 3.35. The molecule has 1 aliphatic heterocycles. The highest BCUT2D eigenvalue weighted by Gasteiger charge is 2.24. The molecule has 25 heavy (non-hydrogen) atoms. The lowest BCUT2D eigenvalue weighted by Crippen LogP contribution is -2.20. The van der Waals surface area contributed by atoms with Gasteiger partial charge in [-0.15, -0.1) is 0 Å². The van der Waals surface area contributed by atoms with E-state index in [1.165, 1.54) is 24.4 Å². The Labute approximate surface area is 142 Å². The van der Waals surface area contributed by atoms with E-state index in [2.05, 4.69) is 20.4 Å². The molecule has 1 aliphatic rings. The molecule has 7 nitrogen and oxygen atoms in total. The molecule has 1 N–H and O–H groups in total. The Balaban J connectivity index is 1.56. The van der Waals surface area contributed by atoms with Crippen molar-refractivity contribution in [2.24, 2.45) is 4.99 Å². The molecule has 0 saturated carbocycles. The van der Waals surface area contributed by atoms with Crippen LogP contribution in [0.4, 0.5) is 4.39 Å². The van der Waals surface area contributed by atoms with Crippen molar-refractivity contribution in [2.75, 3.05) is 0 Å². The second-order valence-electron chi connectivity index (χ2n) is 5.10. The highest BCUT2D eigenvalue weighted by molar-refractivity contribution is 5.96. The number of benzene rings is 1. The Hall–Kier alpha value is -3.42.